The lowest BCUT2D eigenvalue weighted by Crippen LogP contribution is -2.02. The van der Waals surface area contributed by atoms with Crippen molar-refractivity contribution in [1.82, 2.24) is 0 Å². The summed E-state index contributed by atoms with van der Waals surface area (Å²) in [6, 6.07) is 7.60. The molecule has 0 bridgehead atoms. The van der Waals surface area contributed by atoms with Gasteiger partial charge in [0.15, 0.2) is 0 Å². The van der Waals surface area contributed by atoms with Gasteiger partial charge in [-0.05, 0) is 48.1 Å². The van der Waals surface area contributed by atoms with Crippen molar-refractivity contribution in [3.8, 4) is 11.5 Å². The monoisotopic (exact) mass is 320 g/mol. The van der Waals surface area contributed by atoms with Crippen LogP contribution in [0, 0.1) is 11.6 Å². The SMILES string of the molecule is COc1cc(CCc2ccc(F)cc2F)cc(OC)c1C(C)C. The van der Waals surface area contributed by atoms with Crippen molar-refractivity contribution < 1.29 is 18.3 Å². The predicted octanol–water partition coefficient (Wildman–Crippen LogP) is 4.89. The molecule has 0 aliphatic heterocycles. The second-order valence-corrected chi connectivity index (χ2v) is 5.80. The van der Waals surface area contributed by atoms with E-state index in [4.69, 9.17) is 9.47 Å². The Hall–Kier alpha value is -2.10. The number of ether oxygens (including phenoxy) is 2. The first kappa shape index (κ1) is 17.3. The zero-order chi connectivity index (χ0) is 17.0. The molecule has 0 unspecified atom stereocenters. The lowest BCUT2D eigenvalue weighted by molar-refractivity contribution is 0.381. The summed E-state index contributed by atoms with van der Waals surface area (Å²) in [5.74, 6) is 0.741. The topological polar surface area (TPSA) is 18.5 Å². The summed E-state index contributed by atoms with van der Waals surface area (Å²) in [6.45, 7) is 4.15. The molecule has 0 fully saturated rings. The maximum atomic E-state index is 13.7. The third-order valence-corrected chi connectivity index (χ3v) is 3.88. The Morgan fingerprint density at radius 2 is 1.52 bits per heavy atom. The van der Waals surface area contributed by atoms with E-state index in [0.717, 1.165) is 28.7 Å². The van der Waals surface area contributed by atoms with Crippen molar-refractivity contribution in [2.75, 3.05) is 14.2 Å². The average molecular weight is 320 g/mol. The molecule has 4 heteroatoms. The number of rotatable bonds is 6. The summed E-state index contributed by atoms with van der Waals surface area (Å²) in [6.07, 6.45) is 1.10. The second kappa shape index (κ2) is 7.44. The molecule has 2 aromatic rings. The van der Waals surface area contributed by atoms with E-state index >= 15 is 0 Å². The average Bonchev–Trinajstić information content (AvgIpc) is 2.52. The van der Waals surface area contributed by atoms with Crippen molar-refractivity contribution in [3.63, 3.8) is 0 Å². The highest BCUT2D eigenvalue weighted by Crippen LogP contribution is 2.36. The fourth-order valence-electron chi connectivity index (χ4n) is 2.71. The van der Waals surface area contributed by atoms with Gasteiger partial charge in [0.05, 0.1) is 14.2 Å². The quantitative estimate of drug-likeness (QED) is 0.754. The summed E-state index contributed by atoms with van der Waals surface area (Å²) < 4.78 is 37.6. The highest BCUT2D eigenvalue weighted by Gasteiger charge is 2.16. The smallest absolute Gasteiger partial charge is 0.129 e. The molecule has 0 atom stereocenters. The molecule has 124 valence electrons. The van der Waals surface area contributed by atoms with Gasteiger partial charge in [-0.2, -0.15) is 0 Å². The number of halogens is 2. The molecule has 0 aromatic heterocycles. The Bertz CT molecular complexity index is 656. The summed E-state index contributed by atoms with van der Waals surface area (Å²) in [5, 5.41) is 0. The molecular formula is C19H22F2O2. The van der Waals surface area contributed by atoms with E-state index in [1.807, 2.05) is 12.1 Å². The molecule has 0 saturated carbocycles. The van der Waals surface area contributed by atoms with E-state index < -0.39 is 11.6 Å². The molecule has 0 amide bonds. The van der Waals surface area contributed by atoms with Crippen molar-refractivity contribution >= 4 is 0 Å². The third kappa shape index (κ3) is 4.01. The molecule has 0 aliphatic carbocycles. The van der Waals surface area contributed by atoms with Crippen LogP contribution in [0.15, 0.2) is 30.3 Å². The van der Waals surface area contributed by atoms with Crippen LogP contribution in [0.5, 0.6) is 11.5 Å². The maximum Gasteiger partial charge on any atom is 0.129 e. The van der Waals surface area contributed by atoms with E-state index in [1.54, 1.807) is 14.2 Å². The first-order valence-electron chi connectivity index (χ1n) is 7.65. The van der Waals surface area contributed by atoms with Gasteiger partial charge in [-0.1, -0.05) is 19.9 Å². The molecule has 0 aliphatic rings. The number of methoxy groups -OCH3 is 2. The highest BCUT2D eigenvalue weighted by atomic mass is 19.1. The normalized spacial score (nSPS) is 10.9. The Morgan fingerprint density at radius 1 is 0.913 bits per heavy atom. The zero-order valence-corrected chi connectivity index (χ0v) is 14.0. The highest BCUT2D eigenvalue weighted by molar-refractivity contribution is 5.50. The molecule has 2 nitrogen and oxygen atoms in total. The van der Waals surface area contributed by atoms with Gasteiger partial charge in [0.1, 0.15) is 23.1 Å². The minimum absolute atomic E-state index is 0.267. The lowest BCUT2D eigenvalue weighted by Gasteiger charge is -2.18. The fourth-order valence-corrected chi connectivity index (χ4v) is 2.71. The maximum absolute atomic E-state index is 13.7. The van der Waals surface area contributed by atoms with Crippen molar-refractivity contribution in [3.05, 3.63) is 58.7 Å². The van der Waals surface area contributed by atoms with Crippen LogP contribution in [0.3, 0.4) is 0 Å². The summed E-state index contributed by atoms with van der Waals surface area (Å²) in [7, 11) is 3.26. The Labute approximate surface area is 136 Å². The standard InChI is InChI=1S/C19H22F2O2/c1-12(2)19-17(22-3)9-13(10-18(19)23-4)5-6-14-7-8-15(20)11-16(14)21/h7-12H,5-6H2,1-4H3. The van der Waals surface area contributed by atoms with E-state index in [2.05, 4.69) is 13.8 Å². The lowest BCUT2D eigenvalue weighted by atomic mass is 9.96. The minimum Gasteiger partial charge on any atom is -0.496 e. The van der Waals surface area contributed by atoms with E-state index in [0.29, 0.717) is 18.4 Å². The van der Waals surface area contributed by atoms with Crippen LogP contribution in [0.25, 0.3) is 0 Å². The van der Waals surface area contributed by atoms with Crippen LogP contribution in [0.4, 0.5) is 8.78 Å². The Kier molecular flexibility index (Phi) is 5.59. The van der Waals surface area contributed by atoms with Gasteiger partial charge >= 0.3 is 0 Å². The van der Waals surface area contributed by atoms with Gasteiger partial charge in [-0.3, -0.25) is 0 Å². The minimum atomic E-state index is -0.559. The fraction of sp³-hybridized carbons (Fsp3) is 0.368. The van der Waals surface area contributed by atoms with Crippen LogP contribution < -0.4 is 9.47 Å². The molecule has 0 saturated heterocycles. The first-order valence-corrected chi connectivity index (χ1v) is 7.65. The van der Waals surface area contributed by atoms with Crippen LogP contribution >= 0.6 is 0 Å². The van der Waals surface area contributed by atoms with Crippen molar-refractivity contribution in [1.29, 1.82) is 0 Å². The molecule has 0 N–H and O–H groups in total. The number of benzene rings is 2. The summed E-state index contributed by atoms with van der Waals surface area (Å²) >= 11 is 0. The van der Waals surface area contributed by atoms with E-state index in [-0.39, 0.29) is 5.92 Å². The summed E-state index contributed by atoms with van der Waals surface area (Å²) in [5.41, 5.74) is 2.51. The molecule has 23 heavy (non-hydrogen) atoms. The molecular weight excluding hydrogens is 298 g/mol. The van der Waals surface area contributed by atoms with Crippen LogP contribution in [0.1, 0.15) is 36.5 Å². The van der Waals surface area contributed by atoms with Gasteiger partial charge in [0, 0.05) is 11.6 Å². The molecule has 0 spiro atoms. The number of hydrogen-bond acceptors (Lipinski definition) is 2. The second-order valence-electron chi connectivity index (χ2n) is 5.80. The molecule has 0 heterocycles. The van der Waals surface area contributed by atoms with Crippen molar-refractivity contribution in [2.24, 2.45) is 0 Å². The van der Waals surface area contributed by atoms with Crippen LogP contribution in [-0.4, -0.2) is 14.2 Å². The largest absolute Gasteiger partial charge is 0.496 e. The predicted molar refractivity (Wildman–Crippen MR) is 87.4 cm³/mol. The van der Waals surface area contributed by atoms with Crippen LogP contribution in [0.2, 0.25) is 0 Å². The van der Waals surface area contributed by atoms with Crippen LogP contribution in [-0.2, 0) is 12.8 Å². The number of aryl methyl sites for hydroxylation is 2. The van der Waals surface area contributed by atoms with E-state index in [1.165, 1.54) is 12.1 Å². The van der Waals surface area contributed by atoms with Gasteiger partial charge < -0.3 is 9.47 Å². The first-order chi connectivity index (χ1) is 11.0. The van der Waals surface area contributed by atoms with E-state index in [9.17, 15) is 8.78 Å². The molecule has 2 rings (SSSR count). The Balaban J connectivity index is 2.26. The molecule has 0 radical (unpaired) electrons. The van der Waals surface area contributed by atoms with Crippen molar-refractivity contribution in [2.45, 2.75) is 32.6 Å². The number of hydrogen-bond donors (Lipinski definition) is 0. The van der Waals surface area contributed by atoms with Gasteiger partial charge in [-0.15, -0.1) is 0 Å². The molecule has 2 aromatic carbocycles. The third-order valence-electron chi connectivity index (χ3n) is 3.88. The zero-order valence-electron chi connectivity index (χ0n) is 14.0. The van der Waals surface area contributed by atoms with Gasteiger partial charge in [-0.25, -0.2) is 8.78 Å². The van der Waals surface area contributed by atoms with Gasteiger partial charge in [0.2, 0.25) is 0 Å². The summed E-state index contributed by atoms with van der Waals surface area (Å²) in [4.78, 5) is 0. The van der Waals surface area contributed by atoms with Gasteiger partial charge in [0.25, 0.3) is 0 Å². The Morgan fingerprint density at radius 3 is 2.00 bits per heavy atom.